The van der Waals surface area contributed by atoms with E-state index in [9.17, 15) is 14.0 Å². The fourth-order valence-electron chi connectivity index (χ4n) is 4.14. The third-order valence-corrected chi connectivity index (χ3v) is 6.92. The SMILES string of the molecule is Cc1ncc(-c2ccc3ncn(CC(C)C(=O)NC4CC4)c(=O)c3c2)cc1NCc1ccc(F)cc1Cl. The molecule has 0 radical (unpaired) electrons. The number of nitrogens with zero attached hydrogens (tertiary/aromatic N) is 3. The van der Waals surface area contributed by atoms with Gasteiger partial charge < -0.3 is 10.6 Å². The molecule has 1 aliphatic rings. The molecule has 1 amide bonds. The highest BCUT2D eigenvalue weighted by Crippen LogP contribution is 2.27. The average Bonchev–Trinajstić information content (AvgIpc) is 3.70. The molecule has 0 aliphatic heterocycles. The van der Waals surface area contributed by atoms with Crippen molar-refractivity contribution in [3.63, 3.8) is 0 Å². The second-order valence-electron chi connectivity index (χ2n) is 9.56. The molecule has 4 aromatic rings. The first kappa shape index (κ1) is 24.9. The number of halogens is 2. The summed E-state index contributed by atoms with van der Waals surface area (Å²) in [6.07, 6.45) is 5.29. The van der Waals surface area contributed by atoms with Gasteiger partial charge in [0.15, 0.2) is 0 Å². The van der Waals surface area contributed by atoms with Crippen molar-refractivity contribution < 1.29 is 9.18 Å². The van der Waals surface area contributed by atoms with E-state index < -0.39 is 0 Å². The molecule has 190 valence electrons. The van der Waals surface area contributed by atoms with Crippen molar-refractivity contribution in [2.45, 2.75) is 45.8 Å². The van der Waals surface area contributed by atoms with Crippen LogP contribution in [0.5, 0.6) is 0 Å². The number of pyridine rings is 1. The number of benzene rings is 2. The fourth-order valence-corrected chi connectivity index (χ4v) is 4.38. The molecule has 1 saturated carbocycles. The van der Waals surface area contributed by atoms with Crippen molar-refractivity contribution in [1.29, 1.82) is 0 Å². The Morgan fingerprint density at radius 1 is 1.16 bits per heavy atom. The minimum atomic E-state index is -0.380. The van der Waals surface area contributed by atoms with Crippen LogP contribution in [0.15, 0.2) is 59.8 Å². The summed E-state index contributed by atoms with van der Waals surface area (Å²) in [4.78, 5) is 34.6. The van der Waals surface area contributed by atoms with Crippen molar-refractivity contribution in [3.8, 4) is 11.1 Å². The zero-order valence-electron chi connectivity index (χ0n) is 20.6. The first-order valence-electron chi connectivity index (χ1n) is 12.2. The topological polar surface area (TPSA) is 88.9 Å². The number of rotatable bonds is 8. The molecule has 7 nitrogen and oxygen atoms in total. The molecule has 0 spiro atoms. The molecule has 1 unspecified atom stereocenters. The second-order valence-corrected chi connectivity index (χ2v) is 9.97. The van der Waals surface area contributed by atoms with E-state index in [0.29, 0.717) is 22.5 Å². The lowest BCUT2D eigenvalue weighted by atomic mass is 10.0. The maximum Gasteiger partial charge on any atom is 0.261 e. The third kappa shape index (κ3) is 5.64. The largest absolute Gasteiger partial charge is 0.379 e. The van der Waals surface area contributed by atoms with Crippen molar-refractivity contribution in [2.24, 2.45) is 5.92 Å². The van der Waals surface area contributed by atoms with Gasteiger partial charge >= 0.3 is 0 Å². The highest BCUT2D eigenvalue weighted by Gasteiger charge is 2.26. The molecular weight excluding hydrogens is 493 g/mol. The lowest BCUT2D eigenvalue weighted by molar-refractivity contribution is -0.125. The second kappa shape index (κ2) is 10.3. The normalized spacial score (nSPS) is 13.9. The Kier molecular flexibility index (Phi) is 6.93. The van der Waals surface area contributed by atoms with Crippen molar-refractivity contribution in [2.75, 3.05) is 5.32 Å². The fraction of sp³-hybridized carbons (Fsp3) is 0.286. The monoisotopic (exact) mass is 519 g/mol. The van der Waals surface area contributed by atoms with Crippen LogP contribution < -0.4 is 16.2 Å². The summed E-state index contributed by atoms with van der Waals surface area (Å²) in [7, 11) is 0. The van der Waals surface area contributed by atoms with Crippen LogP contribution in [0.2, 0.25) is 5.02 Å². The van der Waals surface area contributed by atoms with Crippen LogP contribution in [-0.4, -0.2) is 26.5 Å². The van der Waals surface area contributed by atoms with E-state index in [0.717, 1.165) is 40.9 Å². The molecule has 1 aliphatic carbocycles. The van der Waals surface area contributed by atoms with Gasteiger partial charge in [0.1, 0.15) is 5.82 Å². The summed E-state index contributed by atoms with van der Waals surface area (Å²) < 4.78 is 14.9. The summed E-state index contributed by atoms with van der Waals surface area (Å²) >= 11 is 6.16. The molecule has 0 bridgehead atoms. The highest BCUT2D eigenvalue weighted by molar-refractivity contribution is 6.31. The molecule has 2 N–H and O–H groups in total. The van der Waals surface area contributed by atoms with Crippen LogP contribution in [0.3, 0.4) is 0 Å². The smallest absolute Gasteiger partial charge is 0.261 e. The van der Waals surface area contributed by atoms with Gasteiger partial charge in [0.25, 0.3) is 5.56 Å². The third-order valence-electron chi connectivity index (χ3n) is 6.57. The number of fused-ring (bicyclic) bond motifs is 1. The zero-order valence-corrected chi connectivity index (χ0v) is 21.3. The summed E-state index contributed by atoms with van der Waals surface area (Å²) in [5.74, 6) is -0.768. The number of carbonyl (C=O) groups is 1. The zero-order chi connectivity index (χ0) is 26.1. The standard InChI is InChI=1S/C28H27ClFN5O2/c1-16(27(36)34-22-6-7-22)14-35-15-33-25-8-4-18(9-23(25)28(35)37)20-10-26(17(2)31-13-20)32-12-19-3-5-21(30)11-24(19)29/h3-5,8-11,13,15-16,22,32H,6-7,12,14H2,1-2H3,(H,34,36). The van der Waals surface area contributed by atoms with Crippen molar-refractivity contribution in [1.82, 2.24) is 19.9 Å². The van der Waals surface area contributed by atoms with Gasteiger partial charge in [0.2, 0.25) is 5.91 Å². The van der Waals surface area contributed by atoms with E-state index in [2.05, 4.69) is 20.6 Å². The summed E-state index contributed by atoms with van der Waals surface area (Å²) in [5, 5.41) is 7.14. The van der Waals surface area contributed by atoms with Gasteiger partial charge in [-0.3, -0.25) is 19.1 Å². The Balaban J connectivity index is 1.39. The Bertz CT molecular complexity index is 1550. The maximum atomic E-state index is 13.4. The van der Waals surface area contributed by atoms with Crippen LogP contribution >= 0.6 is 11.6 Å². The average molecular weight is 520 g/mol. The van der Waals surface area contributed by atoms with E-state index in [-0.39, 0.29) is 35.8 Å². The minimum Gasteiger partial charge on any atom is -0.379 e. The number of anilines is 1. The number of carbonyl (C=O) groups excluding carboxylic acids is 1. The van der Waals surface area contributed by atoms with E-state index in [1.165, 1.54) is 23.0 Å². The highest BCUT2D eigenvalue weighted by atomic mass is 35.5. The molecule has 1 fully saturated rings. The Morgan fingerprint density at radius 3 is 2.73 bits per heavy atom. The van der Waals surface area contributed by atoms with Crippen LogP contribution in [0.25, 0.3) is 22.0 Å². The summed E-state index contributed by atoms with van der Waals surface area (Å²) in [6.45, 7) is 4.37. The Hall–Kier alpha value is -3.78. The van der Waals surface area contributed by atoms with E-state index >= 15 is 0 Å². The minimum absolute atomic E-state index is 0.0454. The number of hydrogen-bond donors (Lipinski definition) is 2. The predicted molar refractivity (Wildman–Crippen MR) is 143 cm³/mol. The van der Waals surface area contributed by atoms with Gasteiger partial charge in [0, 0.05) is 35.9 Å². The van der Waals surface area contributed by atoms with Gasteiger partial charge in [-0.15, -0.1) is 0 Å². The Morgan fingerprint density at radius 2 is 1.97 bits per heavy atom. The molecular formula is C28H27ClFN5O2. The first-order chi connectivity index (χ1) is 17.8. The van der Waals surface area contributed by atoms with E-state index in [1.807, 2.05) is 38.1 Å². The quantitative estimate of drug-likeness (QED) is 0.338. The number of aryl methyl sites for hydroxylation is 1. The lowest BCUT2D eigenvalue weighted by Gasteiger charge is -2.14. The van der Waals surface area contributed by atoms with Crippen molar-refractivity contribution in [3.05, 3.63) is 87.4 Å². The maximum absolute atomic E-state index is 13.4. The van der Waals surface area contributed by atoms with Gasteiger partial charge in [-0.1, -0.05) is 30.7 Å². The van der Waals surface area contributed by atoms with E-state index in [1.54, 1.807) is 12.3 Å². The molecule has 2 aromatic heterocycles. The molecule has 5 rings (SSSR count). The molecule has 9 heteroatoms. The predicted octanol–water partition coefficient (Wildman–Crippen LogP) is 5.09. The van der Waals surface area contributed by atoms with Crippen molar-refractivity contribution >= 4 is 34.1 Å². The van der Waals surface area contributed by atoms with Crippen LogP contribution in [-0.2, 0) is 17.9 Å². The van der Waals surface area contributed by atoms with Gasteiger partial charge in [-0.25, -0.2) is 9.37 Å². The molecule has 37 heavy (non-hydrogen) atoms. The number of nitrogens with one attached hydrogen (secondary N) is 2. The summed E-state index contributed by atoms with van der Waals surface area (Å²) in [6, 6.07) is 12.1. The van der Waals surface area contributed by atoms with Crippen LogP contribution in [0.4, 0.5) is 10.1 Å². The van der Waals surface area contributed by atoms with Gasteiger partial charge in [0.05, 0.1) is 34.5 Å². The molecule has 0 saturated heterocycles. The van der Waals surface area contributed by atoms with Crippen LogP contribution in [0.1, 0.15) is 31.0 Å². The Labute approximate surface area is 218 Å². The number of aromatic nitrogens is 3. The first-order valence-corrected chi connectivity index (χ1v) is 12.6. The number of amides is 1. The molecule has 1 atom stereocenters. The lowest BCUT2D eigenvalue weighted by Crippen LogP contribution is -2.35. The van der Waals surface area contributed by atoms with Gasteiger partial charge in [-0.2, -0.15) is 0 Å². The number of hydrogen-bond acceptors (Lipinski definition) is 5. The van der Waals surface area contributed by atoms with E-state index in [4.69, 9.17) is 11.6 Å². The van der Waals surface area contributed by atoms with Crippen LogP contribution in [0, 0.1) is 18.7 Å². The molecule has 2 heterocycles. The van der Waals surface area contributed by atoms with Gasteiger partial charge in [-0.05, 0) is 61.2 Å². The summed E-state index contributed by atoms with van der Waals surface area (Å²) in [5.41, 5.74) is 4.41. The molecule has 2 aromatic carbocycles.